The first-order valence-corrected chi connectivity index (χ1v) is 17.4. The van der Waals surface area contributed by atoms with E-state index >= 15 is 0 Å². The summed E-state index contributed by atoms with van der Waals surface area (Å²) in [5, 5.41) is 11.6. The molecule has 0 saturated heterocycles. The van der Waals surface area contributed by atoms with Crippen LogP contribution in [-0.4, -0.2) is 11.2 Å². The van der Waals surface area contributed by atoms with Gasteiger partial charge in [0.1, 0.15) is 48.1 Å². The molecule has 6 nitrogen and oxygen atoms in total. The van der Waals surface area contributed by atoms with Gasteiger partial charge in [-0.05, 0) is 55.9 Å². The smallest absolute Gasteiger partial charge is 0.162 e. The topological polar surface area (TPSA) is 66.4 Å². The minimum Gasteiger partial charge on any atom is -0.488 e. The maximum atomic E-state index is 11.6. The van der Waals surface area contributed by atoms with Crippen molar-refractivity contribution in [3.63, 3.8) is 0 Å². The minimum atomic E-state index is -0.859. The molecule has 0 aliphatic carbocycles. The molecule has 1 aliphatic heterocycles. The molecule has 7 rings (SSSR count). The fourth-order valence-electron chi connectivity index (χ4n) is 5.86. The Bertz CT molecular complexity index is 1990. The van der Waals surface area contributed by atoms with Crippen LogP contribution in [0.15, 0.2) is 150 Å². The summed E-state index contributed by atoms with van der Waals surface area (Å²) >= 11 is 3.78. The lowest BCUT2D eigenvalue weighted by Crippen LogP contribution is -2.31. The van der Waals surface area contributed by atoms with Gasteiger partial charge >= 0.3 is 0 Å². The Morgan fingerprint density at radius 3 is 1.46 bits per heavy atom. The SMILES string of the molecule is O[C@@H]1Cc2c(OCc3ccccc3)cc(OCc3ccccc3)c(Br)c2O[C@@H]1c1ccc(OCc2ccccc2)c(OCc2ccccc2)c1. The Morgan fingerprint density at radius 1 is 0.520 bits per heavy atom. The van der Waals surface area contributed by atoms with E-state index in [9.17, 15) is 5.11 Å². The van der Waals surface area contributed by atoms with E-state index in [4.69, 9.17) is 23.7 Å². The first-order valence-electron chi connectivity index (χ1n) is 16.6. The summed E-state index contributed by atoms with van der Waals surface area (Å²) in [6.07, 6.45) is -1.23. The second-order valence-corrected chi connectivity index (χ2v) is 12.9. The first-order chi connectivity index (χ1) is 24.6. The van der Waals surface area contributed by atoms with Crippen LogP contribution in [0, 0.1) is 0 Å². The fraction of sp³-hybridized carbons (Fsp3) is 0.163. The zero-order valence-corrected chi connectivity index (χ0v) is 29.0. The highest BCUT2D eigenvalue weighted by Gasteiger charge is 2.35. The van der Waals surface area contributed by atoms with Crippen LogP contribution in [0.1, 0.15) is 39.5 Å². The Hall–Kier alpha value is -5.24. The molecular weight excluding hydrogens is 692 g/mol. The van der Waals surface area contributed by atoms with Crippen LogP contribution in [0.25, 0.3) is 0 Å². The number of aliphatic hydroxyl groups excluding tert-OH is 1. The molecule has 6 aromatic rings. The number of hydrogen-bond acceptors (Lipinski definition) is 6. The zero-order chi connectivity index (χ0) is 34.1. The molecule has 1 aliphatic rings. The predicted octanol–water partition coefficient (Wildman–Crippen LogP) is 9.80. The third kappa shape index (κ3) is 8.13. The van der Waals surface area contributed by atoms with Crippen LogP contribution >= 0.6 is 15.9 Å². The van der Waals surface area contributed by atoms with E-state index in [1.54, 1.807) is 0 Å². The summed E-state index contributed by atoms with van der Waals surface area (Å²) in [6, 6.07) is 47.5. The van der Waals surface area contributed by atoms with Gasteiger partial charge in [0.25, 0.3) is 0 Å². The minimum absolute atomic E-state index is 0.314. The van der Waals surface area contributed by atoms with Crippen LogP contribution in [0.2, 0.25) is 0 Å². The molecule has 50 heavy (non-hydrogen) atoms. The maximum absolute atomic E-state index is 11.6. The van der Waals surface area contributed by atoms with Crippen molar-refractivity contribution in [1.82, 2.24) is 0 Å². The molecule has 0 spiro atoms. The van der Waals surface area contributed by atoms with E-state index in [0.717, 1.165) is 33.4 Å². The molecule has 252 valence electrons. The predicted molar refractivity (Wildman–Crippen MR) is 197 cm³/mol. The van der Waals surface area contributed by atoms with Gasteiger partial charge in [-0.15, -0.1) is 0 Å². The Balaban J connectivity index is 1.19. The molecular formula is C43H37BrO6. The molecule has 0 unspecified atom stereocenters. The molecule has 0 fully saturated rings. The molecule has 0 saturated carbocycles. The van der Waals surface area contributed by atoms with Gasteiger partial charge in [0.15, 0.2) is 17.6 Å². The number of rotatable bonds is 13. The van der Waals surface area contributed by atoms with E-state index in [1.165, 1.54) is 0 Å². The quantitative estimate of drug-likeness (QED) is 0.128. The van der Waals surface area contributed by atoms with Gasteiger partial charge in [-0.25, -0.2) is 0 Å². The van der Waals surface area contributed by atoms with E-state index in [-0.39, 0.29) is 0 Å². The molecule has 0 amide bonds. The van der Waals surface area contributed by atoms with E-state index in [2.05, 4.69) is 15.9 Å². The van der Waals surface area contributed by atoms with Gasteiger partial charge < -0.3 is 28.8 Å². The Morgan fingerprint density at radius 2 is 0.960 bits per heavy atom. The monoisotopic (exact) mass is 728 g/mol. The van der Waals surface area contributed by atoms with Crippen molar-refractivity contribution in [3.05, 3.63) is 183 Å². The summed E-state index contributed by atoms with van der Waals surface area (Å²) in [5.41, 5.74) is 5.68. The molecule has 0 aromatic heterocycles. The average Bonchev–Trinajstić information content (AvgIpc) is 3.17. The van der Waals surface area contributed by atoms with Gasteiger partial charge in [0, 0.05) is 18.1 Å². The number of ether oxygens (including phenoxy) is 5. The fourth-order valence-corrected chi connectivity index (χ4v) is 6.42. The largest absolute Gasteiger partial charge is 0.488 e. The third-order valence-electron chi connectivity index (χ3n) is 8.50. The van der Waals surface area contributed by atoms with Crippen LogP contribution in [0.4, 0.5) is 0 Å². The number of aliphatic hydroxyl groups is 1. The summed E-state index contributed by atoms with van der Waals surface area (Å²) < 4.78 is 32.6. The van der Waals surface area contributed by atoms with E-state index in [0.29, 0.717) is 66.1 Å². The van der Waals surface area contributed by atoms with Crippen molar-refractivity contribution in [2.24, 2.45) is 0 Å². The van der Waals surface area contributed by atoms with Crippen molar-refractivity contribution < 1.29 is 28.8 Å². The third-order valence-corrected chi connectivity index (χ3v) is 9.25. The van der Waals surface area contributed by atoms with Crippen molar-refractivity contribution in [1.29, 1.82) is 0 Å². The van der Waals surface area contributed by atoms with Gasteiger partial charge in [0.05, 0.1) is 6.10 Å². The van der Waals surface area contributed by atoms with Crippen molar-refractivity contribution in [2.45, 2.75) is 45.1 Å². The number of benzene rings is 6. The molecule has 1 N–H and O–H groups in total. The van der Waals surface area contributed by atoms with Crippen LogP contribution < -0.4 is 23.7 Å². The highest BCUT2D eigenvalue weighted by Crippen LogP contribution is 2.49. The van der Waals surface area contributed by atoms with E-state index < -0.39 is 12.2 Å². The lowest BCUT2D eigenvalue weighted by atomic mass is 9.93. The van der Waals surface area contributed by atoms with Gasteiger partial charge in [-0.1, -0.05) is 127 Å². The van der Waals surface area contributed by atoms with Crippen molar-refractivity contribution in [3.8, 4) is 28.7 Å². The highest BCUT2D eigenvalue weighted by molar-refractivity contribution is 9.10. The lowest BCUT2D eigenvalue weighted by molar-refractivity contribution is 0.0186. The van der Waals surface area contributed by atoms with E-state index in [1.807, 2.05) is 146 Å². The van der Waals surface area contributed by atoms with Gasteiger partial charge in [-0.3, -0.25) is 0 Å². The number of fused-ring (bicyclic) bond motifs is 1. The van der Waals surface area contributed by atoms with Crippen LogP contribution in [-0.2, 0) is 32.8 Å². The molecule has 6 aromatic carbocycles. The number of hydrogen-bond donors (Lipinski definition) is 1. The molecule has 0 radical (unpaired) electrons. The van der Waals surface area contributed by atoms with Crippen LogP contribution in [0.5, 0.6) is 28.7 Å². The average molecular weight is 730 g/mol. The second kappa shape index (κ2) is 16.0. The van der Waals surface area contributed by atoms with Crippen molar-refractivity contribution >= 4 is 15.9 Å². The van der Waals surface area contributed by atoms with Gasteiger partial charge in [0.2, 0.25) is 0 Å². The maximum Gasteiger partial charge on any atom is 0.162 e. The molecule has 0 bridgehead atoms. The zero-order valence-electron chi connectivity index (χ0n) is 27.4. The summed E-state index contributed by atoms with van der Waals surface area (Å²) in [5.74, 6) is 2.93. The molecule has 1 heterocycles. The summed E-state index contributed by atoms with van der Waals surface area (Å²) in [7, 11) is 0. The number of halogens is 1. The van der Waals surface area contributed by atoms with Gasteiger partial charge in [-0.2, -0.15) is 0 Å². The Kier molecular flexibility index (Phi) is 10.6. The highest BCUT2D eigenvalue weighted by atomic mass is 79.9. The van der Waals surface area contributed by atoms with Crippen molar-refractivity contribution in [2.75, 3.05) is 0 Å². The normalized spacial score (nSPS) is 15.0. The summed E-state index contributed by atoms with van der Waals surface area (Å²) in [6.45, 7) is 1.48. The second-order valence-electron chi connectivity index (χ2n) is 12.1. The van der Waals surface area contributed by atoms with Crippen LogP contribution in [0.3, 0.4) is 0 Å². The summed E-state index contributed by atoms with van der Waals surface area (Å²) in [4.78, 5) is 0. The standard InChI is InChI=1S/C43H37BrO6/c44-41-40(49-29-33-19-11-4-12-20-33)25-38(47-27-31-15-7-2-8-16-31)35-24-36(45)42(50-43(35)41)34-21-22-37(46-26-30-13-5-1-6-14-30)39(23-34)48-28-32-17-9-3-10-18-32/h1-23,25,36,42,45H,24,26-29H2/t36-,42-/m1/s1. The molecule has 7 heteroatoms. The lowest BCUT2D eigenvalue weighted by Gasteiger charge is -2.33. The molecule has 2 atom stereocenters. The first kappa shape index (κ1) is 33.3. The Labute approximate surface area is 300 Å².